The highest BCUT2D eigenvalue weighted by Crippen LogP contribution is 2.34. The quantitative estimate of drug-likeness (QED) is 0.763. The Morgan fingerprint density at radius 3 is 2.17 bits per heavy atom. The summed E-state index contributed by atoms with van der Waals surface area (Å²) in [5.74, 6) is 0.880. The van der Waals surface area contributed by atoms with Crippen molar-refractivity contribution in [2.75, 3.05) is 53.4 Å². The van der Waals surface area contributed by atoms with Crippen molar-refractivity contribution < 1.29 is 14.3 Å². The Labute approximate surface area is 179 Å². The number of nitrogens with one attached hydrogen (secondary N) is 1. The van der Waals surface area contributed by atoms with Crippen LogP contribution in [-0.2, 0) is 4.79 Å². The maximum Gasteiger partial charge on any atom is 0.251 e. The van der Waals surface area contributed by atoms with Crippen LogP contribution < -0.4 is 10.1 Å². The Hall–Kier alpha value is -2.12. The first kappa shape index (κ1) is 21.1. The van der Waals surface area contributed by atoms with Gasteiger partial charge in [0.05, 0.1) is 7.11 Å². The molecule has 3 aliphatic rings. The minimum absolute atomic E-state index is 0.0855. The lowest BCUT2D eigenvalue weighted by molar-refractivity contribution is -0.136. The van der Waals surface area contributed by atoms with E-state index < -0.39 is 6.04 Å². The number of ether oxygens (including phenoxy) is 1. The number of nitrogens with zero attached hydrogens (tertiary/aromatic N) is 3. The molecule has 2 aliphatic heterocycles. The highest BCUT2D eigenvalue weighted by atomic mass is 16.5. The van der Waals surface area contributed by atoms with Crippen LogP contribution in [0.5, 0.6) is 5.75 Å². The topological polar surface area (TPSA) is 65.1 Å². The number of rotatable bonds is 6. The molecule has 0 aromatic heterocycles. The van der Waals surface area contributed by atoms with E-state index in [-0.39, 0.29) is 17.7 Å². The number of piperidine rings is 1. The monoisotopic (exact) mass is 414 g/mol. The lowest BCUT2D eigenvalue weighted by atomic mass is 10.0. The largest absolute Gasteiger partial charge is 0.497 e. The lowest BCUT2D eigenvalue weighted by Gasteiger charge is -2.42. The highest BCUT2D eigenvalue weighted by Gasteiger charge is 2.40. The summed E-state index contributed by atoms with van der Waals surface area (Å²) < 4.78 is 5.15. The molecule has 0 spiro atoms. The number of benzene rings is 1. The average molecular weight is 415 g/mol. The lowest BCUT2D eigenvalue weighted by Crippen LogP contribution is -2.58. The molecule has 0 bridgehead atoms. The van der Waals surface area contributed by atoms with E-state index in [4.69, 9.17) is 4.74 Å². The molecule has 1 saturated carbocycles. The third kappa shape index (κ3) is 4.95. The van der Waals surface area contributed by atoms with Gasteiger partial charge < -0.3 is 19.9 Å². The summed E-state index contributed by atoms with van der Waals surface area (Å²) in [5.41, 5.74) is 0.557. The van der Waals surface area contributed by atoms with Gasteiger partial charge in [-0.1, -0.05) is 0 Å². The normalized spacial score (nSPS) is 22.5. The van der Waals surface area contributed by atoms with Crippen LogP contribution >= 0.6 is 0 Å². The Kier molecular flexibility index (Phi) is 6.58. The third-order valence-electron chi connectivity index (χ3n) is 6.83. The number of carbonyl (C=O) groups excluding carboxylic acids is 2. The average Bonchev–Trinajstić information content (AvgIpc) is 3.63. The van der Waals surface area contributed by atoms with Crippen LogP contribution in [0, 0.1) is 5.92 Å². The second kappa shape index (κ2) is 9.35. The summed E-state index contributed by atoms with van der Waals surface area (Å²) in [6.45, 7) is 5.70. The van der Waals surface area contributed by atoms with E-state index in [2.05, 4.69) is 22.2 Å². The van der Waals surface area contributed by atoms with Gasteiger partial charge in [-0.2, -0.15) is 0 Å². The molecule has 2 saturated heterocycles. The molecular formula is C23H34N4O3. The van der Waals surface area contributed by atoms with Crippen LogP contribution in [0.1, 0.15) is 36.0 Å². The molecule has 30 heavy (non-hydrogen) atoms. The van der Waals surface area contributed by atoms with E-state index in [0.29, 0.717) is 17.4 Å². The summed E-state index contributed by atoms with van der Waals surface area (Å²) in [6.07, 6.45) is 4.45. The van der Waals surface area contributed by atoms with Gasteiger partial charge in [-0.15, -0.1) is 0 Å². The maximum absolute atomic E-state index is 13.2. The zero-order chi connectivity index (χ0) is 21.1. The zero-order valence-corrected chi connectivity index (χ0v) is 18.2. The molecule has 7 heteroatoms. The second-order valence-corrected chi connectivity index (χ2v) is 8.91. The fraction of sp³-hybridized carbons (Fsp3) is 0.652. The first-order chi connectivity index (χ1) is 14.5. The number of amides is 2. The van der Waals surface area contributed by atoms with Gasteiger partial charge in [0.1, 0.15) is 11.8 Å². The van der Waals surface area contributed by atoms with Crippen LogP contribution in [-0.4, -0.2) is 92.0 Å². The zero-order valence-electron chi connectivity index (χ0n) is 18.2. The van der Waals surface area contributed by atoms with Crippen molar-refractivity contribution in [3.05, 3.63) is 29.8 Å². The summed E-state index contributed by atoms with van der Waals surface area (Å²) >= 11 is 0. The van der Waals surface area contributed by atoms with Gasteiger partial charge in [0.25, 0.3) is 5.91 Å². The van der Waals surface area contributed by atoms with Gasteiger partial charge in [0, 0.05) is 37.8 Å². The fourth-order valence-electron chi connectivity index (χ4n) is 4.64. The van der Waals surface area contributed by atoms with Crippen molar-refractivity contribution in [2.24, 2.45) is 5.92 Å². The van der Waals surface area contributed by atoms with Crippen molar-refractivity contribution in [1.29, 1.82) is 0 Å². The molecule has 7 nitrogen and oxygen atoms in total. The van der Waals surface area contributed by atoms with Crippen LogP contribution in [0.4, 0.5) is 0 Å². The molecule has 4 rings (SSSR count). The Balaban J connectivity index is 1.32. The molecule has 1 aromatic rings. The van der Waals surface area contributed by atoms with E-state index in [1.54, 1.807) is 31.4 Å². The SMILES string of the molecule is COc1ccc(C(=O)NC(C(=O)N2CCN(C3CCN(C)CC3)CC2)C2CC2)cc1. The predicted molar refractivity (Wildman–Crippen MR) is 116 cm³/mol. The summed E-state index contributed by atoms with van der Waals surface area (Å²) in [6, 6.07) is 7.25. The van der Waals surface area contributed by atoms with Crippen LogP contribution in [0.3, 0.4) is 0 Å². The molecule has 164 valence electrons. The van der Waals surface area contributed by atoms with Crippen LogP contribution in [0.15, 0.2) is 24.3 Å². The Bertz CT molecular complexity index is 733. The fourth-order valence-corrected chi connectivity index (χ4v) is 4.64. The van der Waals surface area contributed by atoms with Gasteiger partial charge in [-0.05, 0) is 76.0 Å². The molecule has 3 fully saturated rings. The van der Waals surface area contributed by atoms with E-state index in [1.807, 2.05) is 4.90 Å². The van der Waals surface area contributed by atoms with Gasteiger partial charge in [-0.3, -0.25) is 14.5 Å². The number of piperazine rings is 1. The smallest absolute Gasteiger partial charge is 0.251 e. The highest BCUT2D eigenvalue weighted by molar-refractivity contribution is 5.97. The van der Waals surface area contributed by atoms with Gasteiger partial charge in [-0.25, -0.2) is 0 Å². The molecule has 1 atom stereocenters. The number of methoxy groups -OCH3 is 1. The second-order valence-electron chi connectivity index (χ2n) is 8.91. The van der Waals surface area contributed by atoms with E-state index in [1.165, 1.54) is 12.8 Å². The van der Waals surface area contributed by atoms with Crippen LogP contribution in [0.2, 0.25) is 0 Å². The van der Waals surface area contributed by atoms with Crippen molar-refractivity contribution in [3.63, 3.8) is 0 Å². The molecule has 2 heterocycles. The van der Waals surface area contributed by atoms with Crippen molar-refractivity contribution >= 4 is 11.8 Å². The molecule has 1 aromatic carbocycles. The molecule has 0 radical (unpaired) electrons. The minimum Gasteiger partial charge on any atom is -0.497 e. The van der Waals surface area contributed by atoms with E-state index in [0.717, 1.165) is 52.1 Å². The van der Waals surface area contributed by atoms with Gasteiger partial charge in [0.15, 0.2) is 0 Å². The predicted octanol–water partition coefficient (Wildman–Crippen LogP) is 1.44. The van der Waals surface area contributed by atoms with Gasteiger partial charge in [0.2, 0.25) is 5.91 Å². The van der Waals surface area contributed by atoms with Crippen LogP contribution in [0.25, 0.3) is 0 Å². The first-order valence-electron chi connectivity index (χ1n) is 11.2. The number of likely N-dealkylation sites (tertiary alicyclic amines) is 1. The molecule has 2 amide bonds. The number of hydrogen-bond acceptors (Lipinski definition) is 5. The molecule has 1 N–H and O–H groups in total. The number of hydrogen-bond donors (Lipinski definition) is 1. The van der Waals surface area contributed by atoms with E-state index >= 15 is 0 Å². The summed E-state index contributed by atoms with van der Waals surface area (Å²) in [7, 11) is 3.79. The molecule has 1 aliphatic carbocycles. The maximum atomic E-state index is 13.2. The van der Waals surface area contributed by atoms with Gasteiger partial charge >= 0.3 is 0 Å². The third-order valence-corrected chi connectivity index (χ3v) is 6.83. The first-order valence-corrected chi connectivity index (χ1v) is 11.2. The summed E-state index contributed by atoms with van der Waals surface area (Å²) in [4.78, 5) is 32.9. The molecular weight excluding hydrogens is 380 g/mol. The van der Waals surface area contributed by atoms with E-state index in [9.17, 15) is 9.59 Å². The minimum atomic E-state index is -0.408. The van der Waals surface area contributed by atoms with Crippen molar-refractivity contribution in [1.82, 2.24) is 20.0 Å². The summed E-state index contributed by atoms with van der Waals surface area (Å²) in [5, 5.41) is 3.02. The molecule has 1 unspecified atom stereocenters. The Morgan fingerprint density at radius 2 is 1.60 bits per heavy atom. The Morgan fingerprint density at radius 1 is 0.967 bits per heavy atom. The number of carbonyl (C=O) groups is 2. The van der Waals surface area contributed by atoms with Crippen molar-refractivity contribution in [3.8, 4) is 5.75 Å². The van der Waals surface area contributed by atoms with Crippen molar-refractivity contribution in [2.45, 2.75) is 37.8 Å². The standard InChI is InChI=1S/C23H34N4O3/c1-25-11-9-19(10-12-25)26-13-15-27(16-14-26)23(29)21(17-3-4-17)24-22(28)18-5-7-20(30-2)8-6-18/h5-8,17,19,21H,3-4,9-16H2,1-2H3,(H,24,28).